The van der Waals surface area contributed by atoms with Gasteiger partial charge in [-0.15, -0.1) is 0 Å². The fourth-order valence-corrected chi connectivity index (χ4v) is 3.99. The molecular formula is C25H19FN4O3. The van der Waals surface area contributed by atoms with E-state index < -0.39 is 5.97 Å². The van der Waals surface area contributed by atoms with Gasteiger partial charge in [-0.05, 0) is 54.1 Å². The molecule has 0 spiro atoms. The highest BCUT2D eigenvalue weighted by Gasteiger charge is 2.22. The number of benzene rings is 3. The first kappa shape index (κ1) is 20.4. The Balaban J connectivity index is 1.88. The molecule has 2 heterocycles. The molecule has 1 amide bonds. The van der Waals surface area contributed by atoms with Crippen molar-refractivity contribution in [3.63, 3.8) is 0 Å². The Morgan fingerprint density at radius 1 is 1.09 bits per heavy atom. The third kappa shape index (κ3) is 3.51. The number of aromatic carboxylic acids is 1. The monoisotopic (exact) mass is 442 g/mol. The largest absolute Gasteiger partial charge is 0.478 e. The van der Waals surface area contributed by atoms with E-state index in [0.29, 0.717) is 11.5 Å². The number of H-pyrrole nitrogens is 1. The number of carbonyl (C=O) groups excluding carboxylic acids is 1. The number of nitrogens with one attached hydrogen (secondary N) is 2. The lowest BCUT2D eigenvalue weighted by Crippen LogP contribution is -2.13. The number of halogens is 1. The van der Waals surface area contributed by atoms with Crippen LogP contribution in [0.3, 0.4) is 0 Å². The Morgan fingerprint density at radius 2 is 1.82 bits per heavy atom. The van der Waals surface area contributed by atoms with Crippen LogP contribution in [0.1, 0.15) is 23.7 Å². The summed E-state index contributed by atoms with van der Waals surface area (Å²) in [5.41, 5.74) is 3.90. The zero-order valence-electron chi connectivity index (χ0n) is 17.6. The van der Waals surface area contributed by atoms with E-state index in [2.05, 4.69) is 15.5 Å². The van der Waals surface area contributed by atoms with E-state index in [1.165, 1.54) is 24.3 Å². The molecule has 0 aliphatic rings. The third-order valence-corrected chi connectivity index (χ3v) is 5.61. The number of carbonyl (C=O) groups is 2. The fourth-order valence-electron chi connectivity index (χ4n) is 3.99. The first-order valence-electron chi connectivity index (χ1n) is 10.4. The summed E-state index contributed by atoms with van der Waals surface area (Å²) >= 11 is 0. The minimum absolute atomic E-state index is 0.163. The van der Waals surface area contributed by atoms with Crippen molar-refractivity contribution in [3.8, 4) is 16.8 Å². The Bertz CT molecular complexity index is 1520. The quantitative estimate of drug-likeness (QED) is 0.341. The van der Waals surface area contributed by atoms with Crippen molar-refractivity contribution in [2.75, 3.05) is 5.32 Å². The molecule has 0 aliphatic heterocycles. The highest BCUT2D eigenvalue weighted by atomic mass is 19.1. The summed E-state index contributed by atoms with van der Waals surface area (Å²) in [7, 11) is 0. The Labute approximate surface area is 187 Å². The number of aromatic amines is 1. The predicted octanol–water partition coefficient (Wildman–Crippen LogP) is 5.36. The summed E-state index contributed by atoms with van der Waals surface area (Å²) < 4.78 is 15.6. The number of nitrogens with zero attached hydrogens (tertiary/aromatic N) is 2. The third-order valence-electron chi connectivity index (χ3n) is 5.61. The van der Waals surface area contributed by atoms with Gasteiger partial charge < -0.3 is 10.4 Å². The van der Waals surface area contributed by atoms with E-state index in [-0.39, 0.29) is 23.7 Å². The van der Waals surface area contributed by atoms with Crippen LogP contribution in [0.4, 0.5) is 10.2 Å². The summed E-state index contributed by atoms with van der Waals surface area (Å²) in [6.45, 7) is 1.76. The van der Waals surface area contributed by atoms with Crippen LogP contribution in [0.5, 0.6) is 0 Å². The number of anilines is 1. The molecule has 33 heavy (non-hydrogen) atoms. The van der Waals surface area contributed by atoms with Crippen molar-refractivity contribution < 1.29 is 19.1 Å². The number of amides is 1. The molecule has 0 fully saturated rings. The van der Waals surface area contributed by atoms with Gasteiger partial charge in [0, 0.05) is 28.4 Å². The smallest absolute Gasteiger partial charge is 0.335 e. The van der Waals surface area contributed by atoms with Crippen LogP contribution in [-0.4, -0.2) is 31.7 Å². The zero-order chi connectivity index (χ0) is 23.1. The van der Waals surface area contributed by atoms with E-state index in [9.17, 15) is 19.1 Å². The number of aromatic nitrogens is 3. The van der Waals surface area contributed by atoms with Crippen LogP contribution < -0.4 is 5.32 Å². The van der Waals surface area contributed by atoms with E-state index >= 15 is 0 Å². The number of hydrogen-bond donors (Lipinski definition) is 3. The Morgan fingerprint density at radius 3 is 2.48 bits per heavy atom. The average Bonchev–Trinajstić information content (AvgIpc) is 3.39. The average molecular weight is 442 g/mol. The van der Waals surface area contributed by atoms with Gasteiger partial charge in [0.25, 0.3) is 0 Å². The summed E-state index contributed by atoms with van der Waals surface area (Å²) in [6, 6.07) is 16.4. The fraction of sp³-hybridized carbons (Fsp3) is 0.0800. The topological polar surface area (TPSA) is 100 Å². The lowest BCUT2D eigenvalue weighted by Gasteiger charge is -2.14. The molecule has 0 radical (unpaired) electrons. The second-order valence-electron chi connectivity index (χ2n) is 7.65. The lowest BCUT2D eigenvalue weighted by atomic mass is 10.0. The van der Waals surface area contributed by atoms with Crippen molar-refractivity contribution in [2.24, 2.45) is 0 Å². The first-order valence-corrected chi connectivity index (χ1v) is 10.4. The molecule has 5 rings (SSSR count). The summed E-state index contributed by atoms with van der Waals surface area (Å²) in [4.78, 5) is 23.9. The lowest BCUT2D eigenvalue weighted by molar-refractivity contribution is -0.115. The second kappa shape index (κ2) is 7.90. The molecule has 0 saturated carbocycles. The van der Waals surface area contributed by atoms with Gasteiger partial charge in [0.05, 0.1) is 22.8 Å². The zero-order valence-corrected chi connectivity index (χ0v) is 17.6. The van der Waals surface area contributed by atoms with Gasteiger partial charge in [0.15, 0.2) is 0 Å². The van der Waals surface area contributed by atoms with Crippen molar-refractivity contribution in [1.29, 1.82) is 0 Å². The molecule has 0 saturated heterocycles. The molecule has 7 nitrogen and oxygen atoms in total. The normalized spacial score (nSPS) is 11.2. The standard InChI is InChI=1S/C25H19FN4O3/c1-2-22(31)28-24-23(14-3-5-15(6-4-14)25(32)33)19-12-20-16(13-27-29-20)11-21(19)30(24)18-9-7-17(26)8-10-18/h3-13H,2H2,1H3,(H,27,29)(H,28,31)(H,32,33). The summed E-state index contributed by atoms with van der Waals surface area (Å²) in [5.74, 6) is -1.05. The number of hydrogen-bond acceptors (Lipinski definition) is 3. The van der Waals surface area contributed by atoms with Gasteiger partial charge in [0.1, 0.15) is 11.6 Å². The summed E-state index contributed by atoms with van der Waals surface area (Å²) in [5, 5.41) is 21.1. The van der Waals surface area contributed by atoms with E-state index in [4.69, 9.17) is 0 Å². The molecule has 0 aliphatic carbocycles. The van der Waals surface area contributed by atoms with Gasteiger partial charge in [-0.2, -0.15) is 5.10 Å². The van der Waals surface area contributed by atoms with Crippen molar-refractivity contribution in [3.05, 3.63) is 78.2 Å². The molecule has 8 heteroatoms. The Kier molecular flexibility index (Phi) is 4.90. The Hall–Kier alpha value is -4.46. The van der Waals surface area contributed by atoms with E-state index in [0.717, 1.165) is 32.9 Å². The summed E-state index contributed by atoms with van der Waals surface area (Å²) in [6.07, 6.45) is 1.98. The second-order valence-corrected chi connectivity index (χ2v) is 7.65. The van der Waals surface area contributed by atoms with Crippen LogP contribution in [0, 0.1) is 5.82 Å². The van der Waals surface area contributed by atoms with Crippen LogP contribution >= 0.6 is 0 Å². The van der Waals surface area contributed by atoms with Gasteiger partial charge in [-0.25, -0.2) is 9.18 Å². The van der Waals surface area contributed by atoms with Crippen LogP contribution in [0.25, 0.3) is 38.6 Å². The number of carboxylic acid groups (broad SMARTS) is 1. The molecule has 0 unspecified atom stereocenters. The van der Waals surface area contributed by atoms with Crippen molar-refractivity contribution in [1.82, 2.24) is 14.8 Å². The van der Waals surface area contributed by atoms with Gasteiger partial charge in [-0.3, -0.25) is 14.5 Å². The van der Waals surface area contributed by atoms with Crippen LogP contribution in [-0.2, 0) is 4.79 Å². The highest BCUT2D eigenvalue weighted by Crippen LogP contribution is 2.42. The van der Waals surface area contributed by atoms with E-state index in [1.807, 2.05) is 16.7 Å². The van der Waals surface area contributed by atoms with Gasteiger partial charge in [0.2, 0.25) is 5.91 Å². The van der Waals surface area contributed by atoms with Crippen LogP contribution in [0.2, 0.25) is 0 Å². The number of carboxylic acids is 1. The molecule has 164 valence electrons. The van der Waals surface area contributed by atoms with Gasteiger partial charge in [-0.1, -0.05) is 19.1 Å². The minimum Gasteiger partial charge on any atom is -0.478 e. The molecule has 0 atom stereocenters. The SMILES string of the molecule is CCC(=O)Nc1c(-c2ccc(C(=O)O)cc2)c2cc3[nH]ncc3cc2n1-c1ccc(F)cc1. The maximum atomic E-state index is 13.7. The van der Waals surface area contributed by atoms with Crippen molar-refractivity contribution >= 4 is 39.5 Å². The number of fused-ring (bicyclic) bond motifs is 2. The first-order chi connectivity index (χ1) is 16.0. The predicted molar refractivity (Wildman–Crippen MR) is 124 cm³/mol. The van der Waals surface area contributed by atoms with E-state index in [1.54, 1.807) is 37.4 Å². The van der Waals surface area contributed by atoms with Crippen molar-refractivity contribution in [2.45, 2.75) is 13.3 Å². The highest BCUT2D eigenvalue weighted by molar-refractivity contribution is 6.11. The molecule has 3 aromatic carbocycles. The van der Waals surface area contributed by atoms with Gasteiger partial charge >= 0.3 is 5.97 Å². The van der Waals surface area contributed by atoms with Crippen LogP contribution in [0.15, 0.2) is 66.9 Å². The molecule has 3 N–H and O–H groups in total. The molecule has 2 aromatic heterocycles. The molecule has 0 bridgehead atoms. The number of rotatable bonds is 5. The maximum absolute atomic E-state index is 13.7. The molecule has 5 aromatic rings. The molecular weight excluding hydrogens is 423 g/mol. The minimum atomic E-state index is -1.02. The maximum Gasteiger partial charge on any atom is 0.335 e.